The Hall–Kier alpha value is -0.220. The molecule has 4 heteroatoms. The van der Waals surface area contributed by atoms with Gasteiger partial charge in [-0.3, -0.25) is 0 Å². The molecule has 1 fully saturated rings. The predicted molar refractivity (Wildman–Crippen MR) is 87.8 cm³/mol. The lowest BCUT2D eigenvalue weighted by Gasteiger charge is -2.31. The van der Waals surface area contributed by atoms with Gasteiger partial charge in [-0.2, -0.15) is 0 Å². The van der Waals surface area contributed by atoms with Crippen LogP contribution in [0, 0.1) is 5.92 Å². The smallest absolute Gasteiger partial charge is 0.0495 e. The first-order valence-corrected chi connectivity index (χ1v) is 8.82. The second-order valence-corrected chi connectivity index (χ2v) is 6.85. The van der Waals surface area contributed by atoms with Crippen LogP contribution in [0.15, 0.2) is 29.2 Å². The summed E-state index contributed by atoms with van der Waals surface area (Å²) in [5.41, 5.74) is 0. The van der Waals surface area contributed by atoms with Crippen molar-refractivity contribution in [1.29, 1.82) is 0 Å². The van der Waals surface area contributed by atoms with E-state index >= 15 is 0 Å². The Labute approximate surface area is 131 Å². The van der Waals surface area contributed by atoms with Gasteiger partial charge in [-0.1, -0.05) is 11.6 Å². The van der Waals surface area contributed by atoms with Crippen molar-refractivity contribution in [2.45, 2.75) is 24.7 Å². The minimum atomic E-state index is 0.773. The average molecular weight is 314 g/mol. The maximum absolute atomic E-state index is 5.89. The highest BCUT2D eigenvalue weighted by molar-refractivity contribution is 7.99. The molecule has 1 aliphatic heterocycles. The lowest BCUT2D eigenvalue weighted by Crippen LogP contribution is -2.36. The topological polar surface area (TPSA) is 12.5 Å². The van der Waals surface area contributed by atoms with Crippen molar-refractivity contribution in [3.05, 3.63) is 29.3 Å². The van der Waals surface area contributed by atoms with E-state index in [1.54, 1.807) is 0 Å². The summed E-state index contributed by atoms with van der Waals surface area (Å²) >= 11 is 7.80. The molecular weight excluding hydrogens is 290 g/mol. The van der Waals surface area contributed by atoms with Crippen LogP contribution in [0.5, 0.6) is 0 Å². The van der Waals surface area contributed by atoms with E-state index in [1.165, 1.54) is 37.4 Å². The third kappa shape index (κ3) is 5.65. The quantitative estimate of drug-likeness (QED) is 0.701. The molecule has 0 bridgehead atoms. The van der Waals surface area contributed by atoms with Crippen LogP contribution in [-0.2, 0) is 4.74 Å². The average Bonchev–Trinajstić information content (AvgIpc) is 2.48. The number of thioether (sulfide) groups is 1. The zero-order chi connectivity index (χ0) is 14.2. The zero-order valence-electron chi connectivity index (χ0n) is 12.2. The first-order valence-electron chi connectivity index (χ1n) is 7.46. The molecule has 0 unspecified atom stereocenters. The van der Waals surface area contributed by atoms with Crippen LogP contribution >= 0.6 is 23.4 Å². The second kappa shape index (κ2) is 8.93. The third-order valence-electron chi connectivity index (χ3n) is 3.75. The van der Waals surface area contributed by atoms with E-state index in [1.807, 2.05) is 23.9 Å². The van der Waals surface area contributed by atoms with Crippen LogP contribution in [0.4, 0.5) is 0 Å². The van der Waals surface area contributed by atoms with Gasteiger partial charge in [-0.15, -0.1) is 11.8 Å². The summed E-state index contributed by atoms with van der Waals surface area (Å²) in [5.74, 6) is 1.92. The fourth-order valence-corrected chi connectivity index (χ4v) is 3.52. The molecule has 2 nitrogen and oxygen atoms in total. The normalized spacial score (nSPS) is 17.5. The van der Waals surface area contributed by atoms with Gasteiger partial charge in [0.2, 0.25) is 0 Å². The van der Waals surface area contributed by atoms with E-state index in [0.29, 0.717) is 0 Å². The molecule has 0 aliphatic carbocycles. The molecule has 0 amide bonds. The Morgan fingerprint density at radius 3 is 2.60 bits per heavy atom. The number of piperidine rings is 1. The maximum Gasteiger partial charge on any atom is 0.0495 e. The van der Waals surface area contributed by atoms with Crippen LogP contribution in [0.2, 0.25) is 5.02 Å². The van der Waals surface area contributed by atoms with Crippen molar-refractivity contribution in [3.63, 3.8) is 0 Å². The molecule has 0 atom stereocenters. The van der Waals surface area contributed by atoms with Crippen LogP contribution in [0.1, 0.15) is 19.8 Å². The minimum absolute atomic E-state index is 0.773. The van der Waals surface area contributed by atoms with Gasteiger partial charge in [0.1, 0.15) is 0 Å². The molecule has 1 aromatic rings. The summed E-state index contributed by atoms with van der Waals surface area (Å²) in [6, 6.07) is 8.12. The Bertz CT molecular complexity index is 377. The summed E-state index contributed by atoms with van der Waals surface area (Å²) in [5, 5.41) is 0.811. The number of likely N-dealkylation sites (tertiary alicyclic amines) is 1. The summed E-state index contributed by atoms with van der Waals surface area (Å²) in [4.78, 5) is 3.88. The number of ether oxygens (including phenoxy) is 1. The number of hydrogen-bond acceptors (Lipinski definition) is 3. The number of rotatable bonds is 7. The van der Waals surface area contributed by atoms with Gasteiger partial charge < -0.3 is 9.64 Å². The van der Waals surface area contributed by atoms with Crippen LogP contribution in [0.3, 0.4) is 0 Å². The molecule has 0 saturated carbocycles. The first kappa shape index (κ1) is 16.2. The Morgan fingerprint density at radius 1 is 1.25 bits per heavy atom. The van der Waals surface area contributed by atoms with Crippen molar-refractivity contribution in [3.8, 4) is 0 Å². The molecule has 2 rings (SSSR count). The predicted octanol–water partition coefficient (Wildman–Crippen LogP) is 4.18. The molecule has 1 aliphatic rings. The number of hydrogen-bond donors (Lipinski definition) is 0. The number of nitrogens with zero attached hydrogens (tertiary/aromatic N) is 1. The highest BCUT2D eigenvalue weighted by atomic mass is 35.5. The van der Waals surface area contributed by atoms with E-state index in [9.17, 15) is 0 Å². The zero-order valence-corrected chi connectivity index (χ0v) is 13.8. The van der Waals surface area contributed by atoms with Gasteiger partial charge in [-0.05, 0) is 63.0 Å². The van der Waals surface area contributed by atoms with Crippen molar-refractivity contribution in [1.82, 2.24) is 4.90 Å². The third-order valence-corrected chi connectivity index (χ3v) is 5.00. The van der Waals surface area contributed by atoms with E-state index in [0.717, 1.165) is 29.9 Å². The van der Waals surface area contributed by atoms with Gasteiger partial charge in [0.15, 0.2) is 0 Å². The standard InChI is InChI=1S/C16H24ClNOS/c1-2-19-13-14-7-9-18(10-8-14)11-12-20-16-5-3-15(17)4-6-16/h3-6,14H,2,7-13H2,1H3. The van der Waals surface area contributed by atoms with Crippen molar-refractivity contribution in [2.24, 2.45) is 5.92 Å². The molecule has 20 heavy (non-hydrogen) atoms. The van der Waals surface area contributed by atoms with Crippen molar-refractivity contribution < 1.29 is 4.74 Å². The molecule has 0 radical (unpaired) electrons. The Kier molecular flexibility index (Phi) is 7.22. The molecule has 1 aromatic carbocycles. The van der Waals surface area contributed by atoms with Gasteiger partial charge in [0.05, 0.1) is 0 Å². The van der Waals surface area contributed by atoms with Crippen molar-refractivity contribution in [2.75, 3.05) is 38.6 Å². The molecule has 1 heterocycles. The highest BCUT2D eigenvalue weighted by Gasteiger charge is 2.18. The number of benzene rings is 1. The van der Waals surface area contributed by atoms with Crippen LogP contribution in [-0.4, -0.2) is 43.5 Å². The van der Waals surface area contributed by atoms with Crippen molar-refractivity contribution >= 4 is 23.4 Å². The summed E-state index contributed by atoms with van der Waals surface area (Å²) in [6.45, 7) is 7.48. The fourth-order valence-electron chi connectivity index (χ4n) is 2.48. The fraction of sp³-hybridized carbons (Fsp3) is 0.625. The molecule has 0 spiro atoms. The highest BCUT2D eigenvalue weighted by Crippen LogP contribution is 2.22. The molecule has 0 N–H and O–H groups in total. The Morgan fingerprint density at radius 2 is 1.95 bits per heavy atom. The van der Waals surface area contributed by atoms with Gasteiger partial charge >= 0.3 is 0 Å². The van der Waals surface area contributed by atoms with E-state index < -0.39 is 0 Å². The molecule has 112 valence electrons. The molecule has 1 saturated heterocycles. The van der Waals surface area contributed by atoms with E-state index in [4.69, 9.17) is 16.3 Å². The minimum Gasteiger partial charge on any atom is -0.381 e. The van der Waals surface area contributed by atoms with Gasteiger partial charge in [0, 0.05) is 35.4 Å². The molecule has 0 aromatic heterocycles. The lowest BCUT2D eigenvalue weighted by atomic mass is 9.98. The van der Waals surface area contributed by atoms with Gasteiger partial charge in [-0.25, -0.2) is 0 Å². The SMILES string of the molecule is CCOCC1CCN(CCSc2ccc(Cl)cc2)CC1. The maximum atomic E-state index is 5.89. The van der Waals surface area contributed by atoms with Crippen LogP contribution < -0.4 is 0 Å². The largest absolute Gasteiger partial charge is 0.381 e. The number of halogens is 1. The van der Waals surface area contributed by atoms with E-state index in [2.05, 4.69) is 24.0 Å². The lowest BCUT2D eigenvalue weighted by molar-refractivity contribution is 0.0758. The summed E-state index contributed by atoms with van der Waals surface area (Å²) in [7, 11) is 0. The first-order chi connectivity index (χ1) is 9.78. The molecular formula is C16H24ClNOS. The monoisotopic (exact) mass is 313 g/mol. The van der Waals surface area contributed by atoms with E-state index in [-0.39, 0.29) is 0 Å². The van der Waals surface area contributed by atoms with Gasteiger partial charge in [0.25, 0.3) is 0 Å². The summed E-state index contributed by atoms with van der Waals surface area (Å²) in [6.07, 6.45) is 2.57. The Balaban J connectivity index is 1.60. The summed E-state index contributed by atoms with van der Waals surface area (Å²) < 4.78 is 5.52. The van der Waals surface area contributed by atoms with Crippen LogP contribution in [0.25, 0.3) is 0 Å². The second-order valence-electron chi connectivity index (χ2n) is 5.25.